The SMILES string of the molecule is C=CCOC(=O)NCc1ccc(C2OC(Cn3cnc(Cl)c3Cl)CC(c3ccc(CO)cc3)O2)cc1. The van der Waals surface area contributed by atoms with Gasteiger partial charge in [-0.15, -0.1) is 0 Å². The molecule has 0 bridgehead atoms. The minimum atomic E-state index is -0.622. The van der Waals surface area contributed by atoms with Crippen molar-refractivity contribution >= 4 is 29.3 Å². The maximum absolute atomic E-state index is 11.7. The molecule has 8 nitrogen and oxygen atoms in total. The first kappa shape index (κ1) is 26.2. The Balaban J connectivity index is 1.49. The molecule has 2 N–H and O–H groups in total. The number of rotatable bonds is 9. The van der Waals surface area contributed by atoms with Gasteiger partial charge in [0, 0.05) is 18.5 Å². The van der Waals surface area contributed by atoms with Gasteiger partial charge >= 0.3 is 6.09 Å². The van der Waals surface area contributed by atoms with Crippen LogP contribution in [0.3, 0.4) is 0 Å². The van der Waals surface area contributed by atoms with Crippen LogP contribution < -0.4 is 5.32 Å². The van der Waals surface area contributed by atoms with Gasteiger partial charge in [0.05, 0.1) is 31.7 Å². The van der Waals surface area contributed by atoms with Crippen molar-refractivity contribution in [1.29, 1.82) is 0 Å². The van der Waals surface area contributed by atoms with Gasteiger partial charge in [-0.1, -0.05) is 84.4 Å². The number of amides is 1. The van der Waals surface area contributed by atoms with Crippen LogP contribution in [0, 0.1) is 0 Å². The number of carbonyl (C=O) groups excluding carboxylic acids is 1. The summed E-state index contributed by atoms with van der Waals surface area (Å²) in [7, 11) is 0. The number of aliphatic hydroxyl groups excluding tert-OH is 1. The summed E-state index contributed by atoms with van der Waals surface area (Å²) in [5, 5.41) is 12.7. The van der Waals surface area contributed by atoms with Gasteiger partial charge in [0.25, 0.3) is 0 Å². The zero-order valence-electron chi connectivity index (χ0n) is 19.5. The van der Waals surface area contributed by atoms with E-state index in [1.54, 1.807) is 10.9 Å². The number of hydrogen-bond donors (Lipinski definition) is 2. The predicted molar refractivity (Wildman–Crippen MR) is 135 cm³/mol. The average Bonchev–Trinajstić information content (AvgIpc) is 3.23. The molecule has 4 rings (SSSR count). The Bertz CT molecular complexity index is 1170. The van der Waals surface area contributed by atoms with Crippen LogP contribution in [0.2, 0.25) is 10.3 Å². The summed E-state index contributed by atoms with van der Waals surface area (Å²) >= 11 is 12.3. The number of benzene rings is 2. The summed E-state index contributed by atoms with van der Waals surface area (Å²) in [5.41, 5.74) is 3.55. The molecule has 1 aromatic heterocycles. The van der Waals surface area contributed by atoms with Crippen molar-refractivity contribution in [1.82, 2.24) is 14.9 Å². The van der Waals surface area contributed by atoms with E-state index in [1.165, 1.54) is 6.08 Å². The topological polar surface area (TPSA) is 94.8 Å². The molecule has 36 heavy (non-hydrogen) atoms. The summed E-state index contributed by atoms with van der Waals surface area (Å²) < 4.78 is 19.3. The molecule has 0 aliphatic carbocycles. The Hall–Kier alpha value is -2.88. The van der Waals surface area contributed by atoms with Crippen molar-refractivity contribution in [3.63, 3.8) is 0 Å². The Morgan fingerprint density at radius 2 is 1.83 bits per heavy atom. The fourth-order valence-electron chi connectivity index (χ4n) is 3.88. The standard InChI is InChI=1S/C26H27Cl2N3O5/c1-2-11-34-26(33)29-13-17-3-9-20(10-4-17)25-35-21(14-31-16-30-23(27)24(31)28)12-22(36-25)19-7-5-18(15-32)6-8-19/h2-10,16,21-22,25,32H,1,11-15H2,(H,29,33). The maximum Gasteiger partial charge on any atom is 0.407 e. The van der Waals surface area contributed by atoms with E-state index < -0.39 is 12.4 Å². The van der Waals surface area contributed by atoms with Gasteiger partial charge in [-0.2, -0.15) is 0 Å². The molecular formula is C26H27Cl2N3O5. The molecule has 2 heterocycles. The lowest BCUT2D eigenvalue weighted by molar-refractivity contribution is -0.252. The number of aliphatic hydroxyl groups is 1. The molecule has 3 unspecified atom stereocenters. The number of hydrogen-bond acceptors (Lipinski definition) is 6. The van der Waals surface area contributed by atoms with Crippen molar-refractivity contribution in [3.8, 4) is 0 Å². The van der Waals surface area contributed by atoms with E-state index in [9.17, 15) is 9.90 Å². The van der Waals surface area contributed by atoms with Crippen LogP contribution in [0.25, 0.3) is 0 Å². The van der Waals surface area contributed by atoms with Gasteiger partial charge in [0.1, 0.15) is 11.8 Å². The van der Waals surface area contributed by atoms with E-state index in [1.807, 2.05) is 48.5 Å². The summed E-state index contributed by atoms with van der Waals surface area (Å²) in [5.74, 6) is 0. The van der Waals surface area contributed by atoms with Gasteiger partial charge in [-0.3, -0.25) is 0 Å². The minimum Gasteiger partial charge on any atom is -0.445 e. The lowest BCUT2D eigenvalue weighted by atomic mass is 10.00. The van der Waals surface area contributed by atoms with Crippen LogP contribution in [0.1, 0.15) is 41.1 Å². The number of alkyl carbamates (subject to hydrolysis) is 1. The third kappa shape index (κ3) is 6.66. The Morgan fingerprint density at radius 1 is 1.14 bits per heavy atom. The molecular weight excluding hydrogens is 505 g/mol. The van der Waals surface area contributed by atoms with Crippen molar-refractivity contribution in [2.75, 3.05) is 6.61 Å². The fourth-order valence-corrected chi connectivity index (χ4v) is 4.19. The highest BCUT2D eigenvalue weighted by Crippen LogP contribution is 2.38. The molecule has 3 atom stereocenters. The zero-order valence-corrected chi connectivity index (χ0v) is 21.0. The second-order valence-electron chi connectivity index (χ2n) is 8.31. The van der Waals surface area contributed by atoms with Crippen molar-refractivity contribution in [2.24, 2.45) is 0 Å². The van der Waals surface area contributed by atoms with Crippen molar-refractivity contribution in [2.45, 2.75) is 44.6 Å². The Morgan fingerprint density at radius 3 is 2.47 bits per heavy atom. The first-order valence-corrected chi connectivity index (χ1v) is 12.2. The van der Waals surface area contributed by atoms with Crippen LogP contribution in [0.5, 0.6) is 0 Å². The number of ether oxygens (including phenoxy) is 3. The second-order valence-corrected chi connectivity index (χ2v) is 9.03. The number of nitrogens with zero attached hydrogens (tertiary/aromatic N) is 2. The van der Waals surface area contributed by atoms with E-state index in [4.69, 9.17) is 37.4 Å². The molecule has 2 aromatic carbocycles. The highest BCUT2D eigenvalue weighted by Gasteiger charge is 2.32. The summed E-state index contributed by atoms with van der Waals surface area (Å²) in [6, 6.07) is 15.3. The van der Waals surface area contributed by atoms with E-state index in [0.29, 0.717) is 24.7 Å². The monoisotopic (exact) mass is 531 g/mol. The molecule has 0 radical (unpaired) electrons. The quantitative estimate of drug-likeness (QED) is 0.362. The van der Waals surface area contributed by atoms with Crippen LogP contribution >= 0.6 is 23.2 Å². The highest BCUT2D eigenvalue weighted by molar-refractivity contribution is 6.40. The molecule has 10 heteroatoms. The van der Waals surface area contributed by atoms with Gasteiger partial charge in [0.2, 0.25) is 0 Å². The molecule has 1 amide bonds. The number of nitrogens with one attached hydrogen (secondary N) is 1. The average molecular weight is 532 g/mol. The molecule has 0 saturated carbocycles. The zero-order chi connectivity index (χ0) is 25.5. The van der Waals surface area contributed by atoms with Gasteiger partial charge in [-0.05, 0) is 16.7 Å². The lowest BCUT2D eigenvalue weighted by Crippen LogP contribution is -2.32. The fraction of sp³-hybridized carbons (Fsp3) is 0.308. The predicted octanol–water partition coefficient (Wildman–Crippen LogP) is 5.34. The smallest absolute Gasteiger partial charge is 0.407 e. The summed E-state index contributed by atoms with van der Waals surface area (Å²) in [6.45, 7) is 4.43. The minimum absolute atomic E-state index is 0.0206. The summed E-state index contributed by atoms with van der Waals surface area (Å²) in [6.07, 6.45) is 2.10. The van der Waals surface area contributed by atoms with Crippen LogP contribution in [0.15, 0.2) is 67.5 Å². The normalized spacial score (nSPS) is 19.6. The largest absolute Gasteiger partial charge is 0.445 e. The van der Waals surface area contributed by atoms with Gasteiger partial charge < -0.3 is 29.2 Å². The molecule has 190 valence electrons. The maximum atomic E-state index is 11.7. The molecule has 0 spiro atoms. The van der Waals surface area contributed by atoms with Crippen LogP contribution in [-0.4, -0.2) is 33.5 Å². The molecule has 3 aromatic rings. The van der Waals surface area contributed by atoms with Gasteiger partial charge in [0.15, 0.2) is 11.4 Å². The van der Waals surface area contributed by atoms with Gasteiger partial charge in [-0.25, -0.2) is 9.78 Å². The molecule has 1 saturated heterocycles. The highest BCUT2D eigenvalue weighted by atomic mass is 35.5. The number of imidazole rings is 1. The number of aromatic nitrogens is 2. The van der Waals surface area contributed by atoms with E-state index in [0.717, 1.165) is 22.3 Å². The lowest BCUT2D eigenvalue weighted by Gasteiger charge is -2.36. The molecule has 1 aliphatic rings. The first-order valence-electron chi connectivity index (χ1n) is 11.4. The van der Waals surface area contributed by atoms with E-state index in [-0.39, 0.29) is 30.6 Å². The Labute approximate surface area is 219 Å². The Kier molecular flexibility index (Phi) is 9.01. The van der Waals surface area contributed by atoms with Crippen LogP contribution in [0.4, 0.5) is 4.79 Å². The first-order chi connectivity index (χ1) is 17.5. The van der Waals surface area contributed by atoms with E-state index >= 15 is 0 Å². The third-order valence-electron chi connectivity index (χ3n) is 5.77. The van der Waals surface area contributed by atoms with Crippen molar-refractivity contribution in [3.05, 3.63) is 100 Å². The second kappa shape index (κ2) is 12.4. The van der Waals surface area contributed by atoms with Crippen molar-refractivity contribution < 1.29 is 24.1 Å². The molecule has 1 fully saturated rings. The summed E-state index contributed by atoms with van der Waals surface area (Å²) in [4.78, 5) is 15.7. The number of carbonyl (C=O) groups is 1. The van der Waals surface area contributed by atoms with Crippen LogP contribution in [-0.2, 0) is 33.9 Å². The molecule has 1 aliphatic heterocycles. The third-order valence-corrected chi connectivity index (χ3v) is 6.54. The van der Waals surface area contributed by atoms with E-state index in [2.05, 4.69) is 16.9 Å². The number of halogens is 2.